The standard InChI is InChI=1S/C7H5BBrF3O3/c9-4-1-2-6(15-7(10,11)12)5(3-4)8(13)14/h1-3,13-14H. The van der Waals surface area contributed by atoms with Crippen LogP contribution in [-0.4, -0.2) is 23.5 Å². The topological polar surface area (TPSA) is 49.7 Å². The molecule has 0 spiro atoms. The van der Waals surface area contributed by atoms with Crippen LogP contribution in [0.5, 0.6) is 5.75 Å². The SMILES string of the molecule is OB(O)c1cc(Br)ccc1OC(F)(F)F. The van der Waals surface area contributed by atoms with Gasteiger partial charge in [-0.25, -0.2) is 0 Å². The minimum atomic E-state index is -4.86. The molecule has 0 amide bonds. The highest BCUT2D eigenvalue weighted by Crippen LogP contribution is 2.22. The Bertz CT molecular complexity index is 356. The van der Waals surface area contributed by atoms with Gasteiger partial charge < -0.3 is 14.8 Å². The molecule has 8 heteroatoms. The van der Waals surface area contributed by atoms with E-state index in [1.807, 2.05) is 0 Å². The molecule has 1 aromatic rings. The van der Waals surface area contributed by atoms with E-state index in [-0.39, 0.29) is 5.46 Å². The van der Waals surface area contributed by atoms with Gasteiger partial charge in [0.1, 0.15) is 5.75 Å². The van der Waals surface area contributed by atoms with Gasteiger partial charge in [0, 0.05) is 9.94 Å². The van der Waals surface area contributed by atoms with Crippen LogP contribution in [-0.2, 0) is 0 Å². The molecule has 1 aromatic carbocycles. The van der Waals surface area contributed by atoms with Gasteiger partial charge in [0.15, 0.2) is 0 Å². The van der Waals surface area contributed by atoms with Crippen LogP contribution in [0.25, 0.3) is 0 Å². The predicted octanol–water partition coefficient (Wildman–Crippen LogP) is 1.03. The van der Waals surface area contributed by atoms with Crippen molar-refractivity contribution in [3.8, 4) is 5.75 Å². The van der Waals surface area contributed by atoms with Crippen molar-refractivity contribution in [1.29, 1.82) is 0 Å². The smallest absolute Gasteiger partial charge is 0.423 e. The third-order valence-corrected chi connectivity index (χ3v) is 1.97. The zero-order valence-corrected chi connectivity index (χ0v) is 8.71. The van der Waals surface area contributed by atoms with Gasteiger partial charge in [-0.15, -0.1) is 13.2 Å². The Balaban J connectivity index is 3.06. The molecule has 1 rings (SSSR count). The van der Waals surface area contributed by atoms with Crippen molar-refractivity contribution in [2.75, 3.05) is 0 Å². The van der Waals surface area contributed by atoms with Crippen molar-refractivity contribution >= 4 is 28.5 Å². The average Bonchev–Trinajstić information content (AvgIpc) is 2.05. The number of alkyl halides is 3. The lowest BCUT2D eigenvalue weighted by Gasteiger charge is -2.12. The third-order valence-electron chi connectivity index (χ3n) is 1.48. The summed E-state index contributed by atoms with van der Waals surface area (Å²) in [5.74, 6) is -0.638. The van der Waals surface area contributed by atoms with Gasteiger partial charge in [-0.1, -0.05) is 15.9 Å². The molecule has 0 saturated heterocycles. The lowest BCUT2D eigenvalue weighted by atomic mass is 9.79. The molecule has 0 aliphatic rings. The summed E-state index contributed by atoms with van der Waals surface area (Å²) in [5.41, 5.74) is -0.360. The Morgan fingerprint density at radius 3 is 2.33 bits per heavy atom. The van der Waals surface area contributed by atoms with E-state index >= 15 is 0 Å². The summed E-state index contributed by atoms with van der Waals surface area (Å²) in [6, 6.07) is 3.42. The van der Waals surface area contributed by atoms with Crippen LogP contribution in [0, 0.1) is 0 Å². The minimum Gasteiger partial charge on any atom is -0.423 e. The first-order chi connectivity index (χ1) is 6.79. The van der Waals surface area contributed by atoms with Crippen LogP contribution in [0.4, 0.5) is 13.2 Å². The molecule has 0 fully saturated rings. The molecule has 0 radical (unpaired) electrons. The number of rotatable bonds is 2. The fourth-order valence-corrected chi connectivity index (χ4v) is 1.32. The maximum Gasteiger partial charge on any atom is 0.573 e. The lowest BCUT2D eigenvalue weighted by Crippen LogP contribution is -2.33. The van der Waals surface area contributed by atoms with Gasteiger partial charge in [-0.2, -0.15) is 0 Å². The van der Waals surface area contributed by atoms with E-state index in [0.717, 1.165) is 12.1 Å². The second-order valence-electron chi connectivity index (χ2n) is 2.60. The quantitative estimate of drug-likeness (QED) is 0.798. The normalized spacial score (nSPS) is 11.3. The summed E-state index contributed by atoms with van der Waals surface area (Å²) in [6.07, 6.45) is -4.86. The molecule has 0 bridgehead atoms. The Morgan fingerprint density at radius 1 is 1.27 bits per heavy atom. The molecule has 0 aliphatic carbocycles. The Hall–Kier alpha value is -0.725. The minimum absolute atomic E-state index is 0.360. The van der Waals surface area contributed by atoms with E-state index in [1.165, 1.54) is 6.07 Å². The largest absolute Gasteiger partial charge is 0.573 e. The van der Waals surface area contributed by atoms with Crippen molar-refractivity contribution in [3.63, 3.8) is 0 Å². The van der Waals surface area contributed by atoms with Crippen LogP contribution >= 0.6 is 15.9 Å². The lowest BCUT2D eigenvalue weighted by molar-refractivity contribution is -0.274. The van der Waals surface area contributed by atoms with E-state index in [0.29, 0.717) is 4.47 Å². The highest BCUT2D eigenvalue weighted by Gasteiger charge is 2.33. The van der Waals surface area contributed by atoms with E-state index in [1.54, 1.807) is 0 Å². The van der Waals surface area contributed by atoms with Crippen molar-refractivity contribution in [2.45, 2.75) is 6.36 Å². The van der Waals surface area contributed by atoms with Crippen LogP contribution in [0.1, 0.15) is 0 Å². The highest BCUT2D eigenvalue weighted by atomic mass is 79.9. The van der Waals surface area contributed by atoms with E-state index < -0.39 is 19.2 Å². The summed E-state index contributed by atoms with van der Waals surface area (Å²) in [5, 5.41) is 17.6. The highest BCUT2D eigenvalue weighted by molar-refractivity contribution is 9.10. The molecule has 3 nitrogen and oxygen atoms in total. The Labute approximate surface area is 91.8 Å². The fourth-order valence-electron chi connectivity index (χ4n) is 0.939. The number of benzene rings is 1. The summed E-state index contributed by atoms with van der Waals surface area (Å²) in [4.78, 5) is 0. The molecule has 0 unspecified atom stereocenters. The first-order valence-electron chi connectivity index (χ1n) is 3.71. The molecule has 0 aromatic heterocycles. The molecule has 0 atom stereocenters. The van der Waals surface area contributed by atoms with Crippen LogP contribution in [0.2, 0.25) is 0 Å². The molecule has 0 aliphatic heterocycles. The molecule has 15 heavy (non-hydrogen) atoms. The second-order valence-corrected chi connectivity index (χ2v) is 3.52. The zero-order chi connectivity index (χ0) is 11.6. The molecule has 2 N–H and O–H groups in total. The molecular formula is C7H5BBrF3O3. The third kappa shape index (κ3) is 3.73. The van der Waals surface area contributed by atoms with Gasteiger partial charge in [-0.05, 0) is 18.2 Å². The molecule has 82 valence electrons. The van der Waals surface area contributed by atoms with Gasteiger partial charge in [0.25, 0.3) is 0 Å². The Morgan fingerprint density at radius 2 is 1.87 bits per heavy atom. The van der Waals surface area contributed by atoms with Gasteiger partial charge in [-0.3, -0.25) is 0 Å². The molecule has 0 heterocycles. The second kappa shape index (κ2) is 4.42. The fraction of sp³-hybridized carbons (Fsp3) is 0.143. The summed E-state index contributed by atoms with van der Waals surface area (Å²) in [6.45, 7) is 0. The monoisotopic (exact) mass is 284 g/mol. The molecule has 0 saturated carbocycles. The van der Waals surface area contributed by atoms with Crippen molar-refractivity contribution in [3.05, 3.63) is 22.7 Å². The van der Waals surface area contributed by atoms with E-state index in [9.17, 15) is 13.2 Å². The summed E-state index contributed by atoms with van der Waals surface area (Å²) in [7, 11) is -2.03. The first kappa shape index (κ1) is 12.3. The van der Waals surface area contributed by atoms with E-state index in [4.69, 9.17) is 10.0 Å². The average molecular weight is 285 g/mol. The van der Waals surface area contributed by atoms with Crippen LogP contribution < -0.4 is 10.2 Å². The predicted molar refractivity (Wildman–Crippen MR) is 50.7 cm³/mol. The van der Waals surface area contributed by atoms with Gasteiger partial charge in [0.2, 0.25) is 0 Å². The van der Waals surface area contributed by atoms with Crippen molar-refractivity contribution in [2.24, 2.45) is 0 Å². The van der Waals surface area contributed by atoms with Crippen LogP contribution in [0.15, 0.2) is 22.7 Å². The van der Waals surface area contributed by atoms with Gasteiger partial charge >= 0.3 is 13.5 Å². The molecular weight excluding hydrogens is 280 g/mol. The Kier molecular flexibility index (Phi) is 3.64. The maximum atomic E-state index is 11.9. The number of hydrogen-bond acceptors (Lipinski definition) is 3. The number of ether oxygens (including phenoxy) is 1. The number of hydrogen-bond donors (Lipinski definition) is 2. The first-order valence-corrected chi connectivity index (χ1v) is 4.50. The zero-order valence-electron chi connectivity index (χ0n) is 7.12. The van der Waals surface area contributed by atoms with Crippen LogP contribution in [0.3, 0.4) is 0 Å². The van der Waals surface area contributed by atoms with Crippen molar-refractivity contribution in [1.82, 2.24) is 0 Å². The number of halogens is 4. The van der Waals surface area contributed by atoms with E-state index in [2.05, 4.69) is 20.7 Å². The van der Waals surface area contributed by atoms with Gasteiger partial charge in [0.05, 0.1) is 0 Å². The van der Waals surface area contributed by atoms with Crippen molar-refractivity contribution < 1.29 is 28.0 Å². The maximum absolute atomic E-state index is 11.9. The summed E-state index contributed by atoms with van der Waals surface area (Å²) >= 11 is 2.99. The summed E-state index contributed by atoms with van der Waals surface area (Å²) < 4.78 is 39.7.